The summed E-state index contributed by atoms with van der Waals surface area (Å²) in [5, 5.41) is 0. The second-order valence-corrected chi connectivity index (χ2v) is 3.34. The Labute approximate surface area is 67.9 Å². The van der Waals surface area contributed by atoms with E-state index in [2.05, 4.69) is 0 Å². The van der Waals surface area contributed by atoms with Crippen molar-refractivity contribution in [2.75, 3.05) is 20.6 Å². The van der Waals surface area contributed by atoms with Gasteiger partial charge in [0.1, 0.15) is 0 Å². The fraction of sp³-hybridized carbons (Fsp3) is 0.667. The molecule has 0 aliphatic heterocycles. The van der Waals surface area contributed by atoms with Crippen LogP contribution in [0, 0.1) is 5.92 Å². The highest BCUT2D eigenvalue weighted by molar-refractivity contribution is 5.93. The zero-order valence-corrected chi connectivity index (χ0v) is 7.21. The molecule has 1 rings (SSSR count). The molecule has 1 saturated carbocycles. The van der Waals surface area contributed by atoms with Gasteiger partial charge in [-0.25, -0.2) is 0 Å². The van der Waals surface area contributed by atoms with Crippen LogP contribution in [-0.4, -0.2) is 31.3 Å². The number of carbonyl (C=O) groups excluding carboxylic acids is 1. The Morgan fingerprint density at radius 3 is 2.64 bits per heavy atom. The molecule has 1 aliphatic rings. The topological polar surface area (TPSA) is 20.3 Å². The van der Waals surface area contributed by atoms with Gasteiger partial charge in [-0.3, -0.25) is 4.79 Å². The first-order valence-corrected chi connectivity index (χ1v) is 4.05. The molecule has 0 amide bonds. The van der Waals surface area contributed by atoms with E-state index in [9.17, 15) is 4.79 Å². The van der Waals surface area contributed by atoms with Crippen LogP contribution in [0.3, 0.4) is 0 Å². The summed E-state index contributed by atoms with van der Waals surface area (Å²) in [6.45, 7) is 0.860. The molecule has 0 saturated heterocycles. The maximum absolute atomic E-state index is 11.1. The Morgan fingerprint density at radius 2 is 2.18 bits per heavy atom. The second kappa shape index (κ2) is 3.67. The van der Waals surface area contributed by atoms with E-state index in [0.717, 1.165) is 19.4 Å². The predicted octanol–water partition coefficient (Wildman–Crippen LogP) is 1.08. The Hall–Kier alpha value is -0.630. The molecule has 1 aliphatic carbocycles. The van der Waals surface area contributed by atoms with Crippen molar-refractivity contribution < 1.29 is 4.79 Å². The van der Waals surface area contributed by atoms with Gasteiger partial charge in [0.2, 0.25) is 0 Å². The van der Waals surface area contributed by atoms with Crippen LogP contribution in [0.4, 0.5) is 0 Å². The van der Waals surface area contributed by atoms with Gasteiger partial charge in [-0.2, -0.15) is 0 Å². The summed E-state index contributed by atoms with van der Waals surface area (Å²) in [4.78, 5) is 13.1. The number of nitrogens with zero attached hydrogens (tertiary/aromatic N) is 1. The lowest BCUT2D eigenvalue weighted by Gasteiger charge is -2.02. The standard InChI is InChI=1S/C9H15NO/c1-10(2)7-3-4-9(11)8-5-6-8/h3-4,8H,5-7H2,1-2H3/b4-3+. The van der Waals surface area contributed by atoms with Gasteiger partial charge >= 0.3 is 0 Å². The molecular weight excluding hydrogens is 138 g/mol. The van der Waals surface area contributed by atoms with Crippen molar-refractivity contribution in [3.8, 4) is 0 Å². The van der Waals surface area contributed by atoms with Gasteiger partial charge in [-0.05, 0) is 33.0 Å². The van der Waals surface area contributed by atoms with Gasteiger partial charge < -0.3 is 4.90 Å². The lowest BCUT2D eigenvalue weighted by molar-refractivity contribution is -0.115. The Morgan fingerprint density at radius 1 is 1.55 bits per heavy atom. The highest BCUT2D eigenvalue weighted by Crippen LogP contribution is 2.29. The monoisotopic (exact) mass is 153 g/mol. The largest absolute Gasteiger partial charge is 0.306 e. The fourth-order valence-electron chi connectivity index (χ4n) is 0.884. The average molecular weight is 153 g/mol. The first-order valence-electron chi connectivity index (χ1n) is 4.05. The van der Waals surface area contributed by atoms with E-state index in [1.54, 1.807) is 6.08 Å². The van der Waals surface area contributed by atoms with Crippen molar-refractivity contribution in [2.24, 2.45) is 5.92 Å². The summed E-state index contributed by atoms with van der Waals surface area (Å²) in [5.41, 5.74) is 0. The van der Waals surface area contributed by atoms with E-state index < -0.39 is 0 Å². The summed E-state index contributed by atoms with van der Waals surface area (Å²) in [5.74, 6) is 0.681. The van der Waals surface area contributed by atoms with Crippen LogP contribution in [0.15, 0.2) is 12.2 Å². The molecule has 0 bridgehead atoms. The summed E-state index contributed by atoms with van der Waals surface area (Å²) >= 11 is 0. The average Bonchev–Trinajstić information content (AvgIpc) is 2.66. The van der Waals surface area contributed by atoms with Crippen LogP contribution in [0.25, 0.3) is 0 Å². The van der Waals surface area contributed by atoms with E-state index in [1.165, 1.54) is 0 Å². The molecule has 2 heteroatoms. The van der Waals surface area contributed by atoms with Crippen LogP contribution >= 0.6 is 0 Å². The molecule has 2 nitrogen and oxygen atoms in total. The number of allylic oxidation sites excluding steroid dienone is 1. The minimum Gasteiger partial charge on any atom is -0.306 e. The van der Waals surface area contributed by atoms with Crippen molar-refractivity contribution >= 4 is 5.78 Å². The molecule has 0 atom stereocenters. The predicted molar refractivity (Wildman–Crippen MR) is 45.4 cm³/mol. The second-order valence-electron chi connectivity index (χ2n) is 3.34. The van der Waals surface area contributed by atoms with Crippen LogP contribution < -0.4 is 0 Å². The van der Waals surface area contributed by atoms with Gasteiger partial charge in [0.15, 0.2) is 5.78 Å². The molecule has 0 aromatic rings. The van der Waals surface area contributed by atoms with E-state index in [1.807, 2.05) is 25.1 Å². The quantitative estimate of drug-likeness (QED) is 0.563. The zero-order valence-electron chi connectivity index (χ0n) is 7.21. The van der Waals surface area contributed by atoms with Gasteiger partial charge in [-0.15, -0.1) is 0 Å². The smallest absolute Gasteiger partial charge is 0.158 e. The fourth-order valence-corrected chi connectivity index (χ4v) is 0.884. The normalized spacial score (nSPS) is 18.1. The van der Waals surface area contributed by atoms with Crippen molar-refractivity contribution in [1.82, 2.24) is 4.90 Å². The number of likely N-dealkylation sites (N-methyl/N-ethyl adjacent to an activating group) is 1. The van der Waals surface area contributed by atoms with E-state index in [4.69, 9.17) is 0 Å². The first-order chi connectivity index (χ1) is 5.20. The van der Waals surface area contributed by atoms with Gasteiger partial charge in [0.25, 0.3) is 0 Å². The number of carbonyl (C=O) groups is 1. The number of hydrogen-bond acceptors (Lipinski definition) is 2. The maximum Gasteiger partial charge on any atom is 0.158 e. The number of rotatable bonds is 4. The van der Waals surface area contributed by atoms with E-state index in [-0.39, 0.29) is 0 Å². The van der Waals surface area contributed by atoms with Crippen LogP contribution in [0.5, 0.6) is 0 Å². The van der Waals surface area contributed by atoms with Crippen LogP contribution in [0.2, 0.25) is 0 Å². The van der Waals surface area contributed by atoms with Crippen molar-refractivity contribution in [2.45, 2.75) is 12.8 Å². The number of hydrogen-bond donors (Lipinski definition) is 0. The summed E-state index contributed by atoms with van der Waals surface area (Å²) in [7, 11) is 3.98. The SMILES string of the molecule is CN(C)C/C=C/C(=O)C1CC1. The third-order valence-corrected chi connectivity index (χ3v) is 1.73. The van der Waals surface area contributed by atoms with Gasteiger partial charge in [-0.1, -0.05) is 6.08 Å². The molecule has 11 heavy (non-hydrogen) atoms. The molecule has 1 fully saturated rings. The molecule has 62 valence electrons. The highest BCUT2D eigenvalue weighted by atomic mass is 16.1. The molecule has 0 spiro atoms. The molecule has 0 aromatic heterocycles. The lowest BCUT2D eigenvalue weighted by atomic mass is 10.2. The maximum atomic E-state index is 11.1. The first kappa shape index (κ1) is 8.47. The number of ketones is 1. The third kappa shape index (κ3) is 3.33. The molecule has 0 aromatic carbocycles. The zero-order chi connectivity index (χ0) is 8.27. The minimum absolute atomic E-state index is 0.312. The summed E-state index contributed by atoms with van der Waals surface area (Å²) in [6.07, 6.45) is 5.86. The Balaban J connectivity index is 2.17. The lowest BCUT2D eigenvalue weighted by Crippen LogP contribution is -2.11. The molecule has 0 N–H and O–H groups in total. The molecule has 0 heterocycles. The van der Waals surface area contributed by atoms with E-state index in [0.29, 0.717) is 11.7 Å². The molecular formula is C9H15NO. The van der Waals surface area contributed by atoms with Crippen molar-refractivity contribution in [1.29, 1.82) is 0 Å². The Bertz CT molecular complexity index is 168. The third-order valence-electron chi connectivity index (χ3n) is 1.73. The molecule has 0 radical (unpaired) electrons. The Kier molecular flexibility index (Phi) is 2.83. The van der Waals surface area contributed by atoms with Crippen molar-refractivity contribution in [3.05, 3.63) is 12.2 Å². The van der Waals surface area contributed by atoms with Crippen LogP contribution in [0.1, 0.15) is 12.8 Å². The minimum atomic E-state index is 0.312. The van der Waals surface area contributed by atoms with E-state index >= 15 is 0 Å². The van der Waals surface area contributed by atoms with Crippen LogP contribution in [-0.2, 0) is 4.79 Å². The summed E-state index contributed by atoms with van der Waals surface area (Å²) < 4.78 is 0. The highest BCUT2D eigenvalue weighted by Gasteiger charge is 2.27. The summed E-state index contributed by atoms with van der Waals surface area (Å²) in [6, 6.07) is 0. The van der Waals surface area contributed by atoms with Gasteiger partial charge in [0, 0.05) is 12.5 Å². The molecule has 0 unspecified atom stereocenters. The van der Waals surface area contributed by atoms with Gasteiger partial charge in [0.05, 0.1) is 0 Å². The van der Waals surface area contributed by atoms with Crippen molar-refractivity contribution in [3.63, 3.8) is 0 Å².